The summed E-state index contributed by atoms with van der Waals surface area (Å²) in [5.41, 5.74) is 7.69. The minimum Gasteiger partial charge on any atom is -0.406 e. The summed E-state index contributed by atoms with van der Waals surface area (Å²) < 4.78 is 40.0. The van der Waals surface area contributed by atoms with Gasteiger partial charge in [0.2, 0.25) is 0 Å². The van der Waals surface area contributed by atoms with E-state index in [0.29, 0.717) is 16.7 Å². The Balaban J connectivity index is 2.24. The smallest absolute Gasteiger partial charge is 0.406 e. The number of hydrogen-bond acceptors (Lipinski definition) is 3. The van der Waals surface area contributed by atoms with Crippen LogP contribution in [0.3, 0.4) is 0 Å². The Morgan fingerprint density at radius 2 is 1.67 bits per heavy atom. The van der Waals surface area contributed by atoms with Crippen LogP contribution in [0.15, 0.2) is 48.5 Å². The largest absolute Gasteiger partial charge is 0.573 e. The fourth-order valence-corrected chi connectivity index (χ4v) is 1.93. The Morgan fingerprint density at radius 1 is 1.05 bits per heavy atom. The van der Waals surface area contributed by atoms with E-state index in [9.17, 15) is 13.2 Å². The van der Waals surface area contributed by atoms with Crippen LogP contribution in [-0.4, -0.2) is 6.36 Å². The van der Waals surface area contributed by atoms with E-state index in [-0.39, 0.29) is 5.75 Å². The highest BCUT2D eigenvalue weighted by molar-refractivity contribution is 5.44. The van der Waals surface area contributed by atoms with Gasteiger partial charge in [0, 0.05) is 0 Å². The molecule has 0 unspecified atom stereocenters. The average molecular weight is 292 g/mol. The van der Waals surface area contributed by atoms with Crippen LogP contribution < -0.4 is 10.5 Å². The van der Waals surface area contributed by atoms with E-state index >= 15 is 0 Å². The lowest BCUT2D eigenvalue weighted by molar-refractivity contribution is -0.274. The van der Waals surface area contributed by atoms with Gasteiger partial charge in [-0.15, -0.1) is 13.2 Å². The maximum absolute atomic E-state index is 12.1. The van der Waals surface area contributed by atoms with E-state index in [0.717, 1.165) is 0 Å². The molecule has 0 bridgehead atoms. The van der Waals surface area contributed by atoms with E-state index in [1.54, 1.807) is 24.3 Å². The molecule has 2 rings (SSSR count). The summed E-state index contributed by atoms with van der Waals surface area (Å²) in [6.45, 7) is 0. The van der Waals surface area contributed by atoms with Gasteiger partial charge in [-0.2, -0.15) is 5.26 Å². The normalized spacial score (nSPS) is 12.5. The molecule has 108 valence electrons. The van der Waals surface area contributed by atoms with Crippen LogP contribution in [0.4, 0.5) is 13.2 Å². The molecule has 0 aliphatic rings. The van der Waals surface area contributed by atoms with Crippen LogP contribution in [0, 0.1) is 11.3 Å². The van der Waals surface area contributed by atoms with Gasteiger partial charge in [-0.1, -0.05) is 30.3 Å². The summed E-state index contributed by atoms with van der Waals surface area (Å²) in [5.74, 6) is -0.313. The second-order valence-corrected chi connectivity index (χ2v) is 4.29. The van der Waals surface area contributed by atoms with Crippen molar-refractivity contribution in [1.29, 1.82) is 5.26 Å². The summed E-state index contributed by atoms with van der Waals surface area (Å²) in [6.07, 6.45) is -4.73. The van der Waals surface area contributed by atoms with Crippen molar-refractivity contribution >= 4 is 0 Å². The van der Waals surface area contributed by atoms with Crippen molar-refractivity contribution < 1.29 is 17.9 Å². The topological polar surface area (TPSA) is 59.0 Å². The summed E-state index contributed by atoms with van der Waals surface area (Å²) in [7, 11) is 0. The number of alkyl halides is 3. The predicted octanol–water partition coefficient (Wildman–Crippen LogP) is 3.50. The zero-order valence-electron chi connectivity index (χ0n) is 10.8. The molecule has 0 amide bonds. The Hall–Kier alpha value is -2.52. The first-order chi connectivity index (χ1) is 9.90. The van der Waals surface area contributed by atoms with Crippen molar-refractivity contribution in [2.45, 2.75) is 12.4 Å². The van der Waals surface area contributed by atoms with Crippen molar-refractivity contribution in [3.8, 4) is 11.8 Å². The number of halogens is 3. The Bertz CT molecular complexity index is 660. The highest BCUT2D eigenvalue weighted by Crippen LogP contribution is 2.27. The van der Waals surface area contributed by atoms with Gasteiger partial charge in [-0.05, 0) is 29.3 Å². The van der Waals surface area contributed by atoms with Crippen LogP contribution in [0.1, 0.15) is 22.7 Å². The zero-order chi connectivity index (χ0) is 15.5. The van der Waals surface area contributed by atoms with Gasteiger partial charge < -0.3 is 10.5 Å². The van der Waals surface area contributed by atoms with Crippen LogP contribution in [0.5, 0.6) is 5.75 Å². The second kappa shape index (κ2) is 5.85. The SMILES string of the molecule is N#Cc1ccccc1[C@@H](N)c1ccc(OC(F)(F)F)cc1. The van der Waals surface area contributed by atoms with Gasteiger partial charge in [0.25, 0.3) is 0 Å². The number of ether oxygens (including phenoxy) is 1. The molecular weight excluding hydrogens is 281 g/mol. The van der Waals surface area contributed by atoms with Crippen LogP contribution in [0.25, 0.3) is 0 Å². The molecule has 0 radical (unpaired) electrons. The van der Waals surface area contributed by atoms with Crippen LogP contribution in [-0.2, 0) is 0 Å². The van der Waals surface area contributed by atoms with E-state index < -0.39 is 12.4 Å². The fourth-order valence-electron chi connectivity index (χ4n) is 1.93. The standard InChI is InChI=1S/C15H11F3N2O/c16-15(17,18)21-12-7-5-10(6-8-12)14(20)13-4-2-1-3-11(13)9-19/h1-8,14H,20H2/t14-/m0/s1. The summed E-state index contributed by atoms with van der Waals surface area (Å²) in [5, 5.41) is 9.04. The number of nitriles is 1. The van der Waals surface area contributed by atoms with E-state index in [1.807, 2.05) is 6.07 Å². The molecule has 21 heavy (non-hydrogen) atoms. The van der Waals surface area contributed by atoms with Gasteiger partial charge in [-0.3, -0.25) is 0 Å². The molecule has 0 aliphatic heterocycles. The van der Waals surface area contributed by atoms with Crippen LogP contribution >= 0.6 is 0 Å². The number of hydrogen-bond donors (Lipinski definition) is 1. The average Bonchev–Trinajstić information content (AvgIpc) is 2.45. The molecule has 0 fully saturated rings. The molecule has 3 nitrogen and oxygen atoms in total. The molecule has 2 aromatic carbocycles. The maximum atomic E-state index is 12.1. The molecular formula is C15H11F3N2O. The van der Waals surface area contributed by atoms with Crippen LogP contribution in [0.2, 0.25) is 0 Å². The number of benzene rings is 2. The van der Waals surface area contributed by atoms with Gasteiger partial charge in [0.1, 0.15) is 5.75 Å². The predicted molar refractivity (Wildman–Crippen MR) is 70.3 cm³/mol. The molecule has 0 aliphatic carbocycles. The number of nitrogens with two attached hydrogens (primary N) is 1. The Labute approximate surface area is 119 Å². The molecule has 1 atom stereocenters. The molecule has 2 N–H and O–H groups in total. The summed E-state index contributed by atoms with van der Waals surface area (Å²) >= 11 is 0. The van der Waals surface area contributed by atoms with Gasteiger partial charge in [0.15, 0.2) is 0 Å². The monoisotopic (exact) mass is 292 g/mol. The second-order valence-electron chi connectivity index (χ2n) is 4.29. The first kappa shape index (κ1) is 14.9. The third-order valence-electron chi connectivity index (χ3n) is 2.89. The quantitative estimate of drug-likeness (QED) is 0.941. The zero-order valence-corrected chi connectivity index (χ0v) is 10.8. The van der Waals surface area contributed by atoms with Gasteiger partial charge in [-0.25, -0.2) is 0 Å². The van der Waals surface area contributed by atoms with Crippen molar-refractivity contribution in [2.24, 2.45) is 5.73 Å². The molecule has 0 spiro atoms. The lowest BCUT2D eigenvalue weighted by Crippen LogP contribution is -2.17. The van der Waals surface area contributed by atoms with Gasteiger partial charge >= 0.3 is 6.36 Å². The summed E-state index contributed by atoms with van der Waals surface area (Å²) in [6, 6.07) is 13.5. The Morgan fingerprint density at radius 3 is 2.24 bits per heavy atom. The van der Waals surface area contributed by atoms with E-state index in [4.69, 9.17) is 11.0 Å². The first-order valence-corrected chi connectivity index (χ1v) is 6.01. The fraction of sp³-hybridized carbons (Fsp3) is 0.133. The van der Waals surface area contributed by atoms with Crippen molar-refractivity contribution in [1.82, 2.24) is 0 Å². The number of nitrogens with zero attached hydrogens (tertiary/aromatic N) is 1. The third-order valence-corrected chi connectivity index (χ3v) is 2.89. The molecule has 0 aromatic heterocycles. The highest BCUT2D eigenvalue weighted by Gasteiger charge is 2.31. The molecule has 0 saturated heterocycles. The third kappa shape index (κ3) is 3.74. The van der Waals surface area contributed by atoms with Gasteiger partial charge in [0.05, 0.1) is 17.7 Å². The molecule has 0 saturated carbocycles. The van der Waals surface area contributed by atoms with E-state index in [1.165, 1.54) is 24.3 Å². The van der Waals surface area contributed by atoms with E-state index in [2.05, 4.69) is 4.74 Å². The van der Waals surface area contributed by atoms with Crippen molar-refractivity contribution in [3.63, 3.8) is 0 Å². The number of rotatable bonds is 3. The van der Waals surface area contributed by atoms with Crippen molar-refractivity contribution in [2.75, 3.05) is 0 Å². The maximum Gasteiger partial charge on any atom is 0.573 e. The Kier molecular flexibility index (Phi) is 4.15. The minimum absolute atomic E-state index is 0.313. The molecule has 0 heterocycles. The lowest BCUT2D eigenvalue weighted by Gasteiger charge is -2.15. The first-order valence-electron chi connectivity index (χ1n) is 6.01. The molecule has 2 aromatic rings. The highest BCUT2D eigenvalue weighted by atomic mass is 19.4. The molecule has 6 heteroatoms. The summed E-state index contributed by atoms with van der Waals surface area (Å²) in [4.78, 5) is 0. The van der Waals surface area contributed by atoms with Crippen molar-refractivity contribution in [3.05, 3.63) is 65.2 Å². The minimum atomic E-state index is -4.73. The lowest BCUT2D eigenvalue weighted by atomic mass is 9.96.